The monoisotopic (exact) mass is 385 g/mol. The van der Waals surface area contributed by atoms with Gasteiger partial charge >= 0.3 is 0 Å². The Kier molecular flexibility index (Phi) is 4.59. The van der Waals surface area contributed by atoms with E-state index >= 15 is 0 Å². The van der Waals surface area contributed by atoms with Gasteiger partial charge in [0, 0.05) is 6.26 Å². The lowest BCUT2D eigenvalue weighted by molar-refractivity contribution is -0.133. The van der Waals surface area contributed by atoms with Crippen LogP contribution in [-0.2, 0) is 19.1 Å². The molecular formula is C12H24BrNO4SSi. The Bertz CT molecular complexity index is 514. The maximum atomic E-state index is 11.9. The van der Waals surface area contributed by atoms with Crippen molar-refractivity contribution in [3.05, 3.63) is 0 Å². The summed E-state index contributed by atoms with van der Waals surface area (Å²) in [6.45, 7) is 12.2. The van der Waals surface area contributed by atoms with E-state index in [1.54, 1.807) is 6.92 Å². The second-order valence-electron chi connectivity index (χ2n) is 6.97. The largest absolute Gasteiger partial charge is 0.412 e. The molecule has 20 heavy (non-hydrogen) atoms. The van der Waals surface area contributed by atoms with Crippen molar-refractivity contribution in [1.29, 1.82) is 0 Å². The van der Waals surface area contributed by atoms with E-state index in [2.05, 4.69) is 55.1 Å². The molecule has 0 saturated carbocycles. The molecule has 1 heterocycles. The molecule has 5 nitrogen and oxygen atoms in total. The Hall–Kier alpha value is 0.0769. The first-order valence-corrected chi connectivity index (χ1v) is 12.2. The number of hydrogen-bond acceptors (Lipinski definition) is 4. The van der Waals surface area contributed by atoms with E-state index in [0.29, 0.717) is 0 Å². The lowest BCUT2D eigenvalue weighted by Crippen LogP contribution is -2.76. The smallest absolute Gasteiger partial charge is 0.243 e. The lowest BCUT2D eigenvalue weighted by Gasteiger charge is -2.49. The molecule has 0 aliphatic carbocycles. The molecular weight excluding hydrogens is 362 g/mol. The van der Waals surface area contributed by atoms with E-state index in [1.165, 1.54) is 0 Å². The zero-order chi connectivity index (χ0) is 16.1. The molecule has 1 N–H and O–H groups in total. The summed E-state index contributed by atoms with van der Waals surface area (Å²) < 4.78 is 28.5. The zero-order valence-electron chi connectivity index (χ0n) is 13.1. The van der Waals surface area contributed by atoms with Gasteiger partial charge < -0.3 is 9.74 Å². The number of halogens is 1. The molecule has 0 radical (unpaired) electrons. The number of nitrogens with one attached hydrogen (secondary N) is 1. The van der Waals surface area contributed by atoms with Gasteiger partial charge in [0.2, 0.25) is 5.91 Å². The summed E-state index contributed by atoms with van der Waals surface area (Å²) in [7, 11) is -5.47. The summed E-state index contributed by atoms with van der Waals surface area (Å²) in [6, 6.07) is 0. The molecule has 1 amide bonds. The number of hydrogen-bond donors (Lipinski definition) is 1. The predicted octanol–water partition coefficient (Wildman–Crippen LogP) is 2.03. The van der Waals surface area contributed by atoms with Crippen molar-refractivity contribution in [2.24, 2.45) is 0 Å². The van der Waals surface area contributed by atoms with Crippen LogP contribution in [-0.4, -0.2) is 44.7 Å². The van der Waals surface area contributed by atoms with Gasteiger partial charge in [-0.15, -0.1) is 0 Å². The van der Waals surface area contributed by atoms with Crippen molar-refractivity contribution in [2.75, 3.05) is 6.26 Å². The van der Waals surface area contributed by atoms with E-state index in [0.717, 1.165) is 6.26 Å². The summed E-state index contributed by atoms with van der Waals surface area (Å²) in [5.41, 5.74) is 0. The van der Waals surface area contributed by atoms with Gasteiger partial charge in [0.15, 0.2) is 27.9 Å². The molecule has 0 aromatic rings. The summed E-state index contributed by atoms with van der Waals surface area (Å²) in [5, 5.41) is 1.49. The molecule has 0 spiro atoms. The van der Waals surface area contributed by atoms with Gasteiger partial charge in [0.05, 0.1) is 6.10 Å². The summed E-state index contributed by atoms with van der Waals surface area (Å²) in [5.74, 6) is -0.334. The highest BCUT2D eigenvalue weighted by atomic mass is 79.9. The average molecular weight is 386 g/mol. The predicted molar refractivity (Wildman–Crippen MR) is 86.2 cm³/mol. The molecule has 0 aromatic heterocycles. The van der Waals surface area contributed by atoms with E-state index in [-0.39, 0.29) is 10.9 Å². The van der Waals surface area contributed by atoms with Crippen molar-refractivity contribution in [1.82, 2.24) is 5.32 Å². The van der Waals surface area contributed by atoms with Crippen LogP contribution in [0.2, 0.25) is 18.1 Å². The summed E-state index contributed by atoms with van der Waals surface area (Å²) >= 11 is 3.33. The van der Waals surface area contributed by atoms with Gasteiger partial charge in [0.1, 0.15) is 0 Å². The van der Waals surface area contributed by atoms with Gasteiger partial charge in [-0.1, -0.05) is 36.7 Å². The number of carbonyl (C=O) groups is 1. The summed E-state index contributed by atoms with van der Waals surface area (Å²) in [6.07, 6.45) is 0.600. The Morgan fingerprint density at radius 2 is 1.85 bits per heavy atom. The van der Waals surface area contributed by atoms with Crippen LogP contribution in [0.5, 0.6) is 0 Å². The lowest BCUT2D eigenvalue weighted by atomic mass is 9.95. The number of β-lactam (4-membered cyclic amide) rings is 1. The topological polar surface area (TPSA) is 72.5 Å². The van der Waals surface area contributed by atoms with Gasteiger partial charge in [-0.05, 0) is 25.1 Å². The third kappa shape index (κ3) is 2.98. The van der Waals surface area contributed by atoms with Crippen LogP contribution in [0, 0.1) is 0 Å². The fraction of sp³-hybridized carbons (Fsp3) is 0.917. The minimum absolute atomic E-state index is 0.00850. The molecule has 0 aromatic carbocycles. The quantitative estimate of drug-likeness (QED) is 0.456. The Labute approximate surface area is 131 Å². The molecule has 8 heteroatoms. The highest BCUT2D eigenvalue weighted by Gasteiger charge is 2.62. The third-order valence-corrected chi connectivity index (χ3v) is 12.0. The van der Waals surface area contributed by atoms with Crippen LogP contribution in [0.4, 0.5) is 0 Å². The number of amides is 1. The van der Waals surface area contributed by atoms with E-state index in [1.807, 2.05) is 0 Å². The summed E-state index contributed by atoms with van der Waals surface area (Å²) in [4.78, 5) is 11.9. The van der Waals surface area contributed by atoms with Crippen molar-refractivity contribution < 1.29 is 17.6 Å². The van der Waals surface area contributed by atoms with Crippen molar-refractivity contribution in [2.45, 2.75) is 61.6 Å². The van der Waals surface area contributed by atoms with Crippen LogP contribution in [0.3, 0.4) is 0 Å². The van der Waals surface area contributed by atoms with Crippen LogP contribution in [0.25, 0.3) is 0 Å². The molecule has 1 aliphatic heterocycles. The highest BCUT2D eigenvalue weighted by Crippen LogP contribution is 2.43. The highest BCUT2D eigenvalue weighted by molar-refractivity contribution is 9.10. The maximum absolute atomic E-state index is 11.9. The molecule has 3 atom stereocenters. The van der Waals surface area contributed by atoms with Crippen molar-refractivity contribution in [3.63, 3.8) is 0 Å². The van der Waals surface area contributed by atoms with E-state index < -0.39 is 34.0 Å². The SMILES string of the molecule is C[C@@H](O[Si](C)(C)C(C)(C)C)[C@@]1(Br)C(=O)N[C@@H]1S(C)(=O)=O. The van der Waals surface area contributed by atoms with Crippen LogP contribution in [0.1, 0.15) is 27.7 Å². The van der Waals surface area contributed by atoms with E-state index in [4.69, 9.17) is 4.43 Å². The first-order chi connectivity index (χ1) is 8.64. The second-order valence-corrected chi connectivity index (χ2v) is 15.2. The zero-order valence-corrected chi connectivity index (χ0v) is 16.5. The van der Waals surface area contributed by atoms with Gasteiger partial charge in [0.25, 0.3) is 0 Å². The normalized spacial score (nSPS) is 29.6. The number of alkyl halides is 1. The van der Waals surface area contributed by atoms with Crippen LogP contribution >= 0.6 is 15.9 Å². The minimum Gasteiger partial charge on any atom is -0.412 e. The minimum atomic E-state index is -3.39. The molecule has 1 aliphatic rings. The first kappa shape index (κ1) is 18.1. The number of rotatable bonds is 4. The molecule has 0 bridgehead atoms. The third-order valence-electron chi connectivity index (χ3n) is 4.29. The van der Waals surface area contributed by atoms with Gasteiger partial charge in [-0.2, -0.15) is 0 Å². The second kappa shape index (κ2) is 5.07. The fourth-order valence-electron chi connectivity index (χ4n) is 1.90. The van der Waals surface area contributed by atoms with Gasteiger partial charge in [-0.3, -0.25) is 4.79 Å². The average Bonchev–Trinajstić information content (AvgIpc) is 2.20. The fourth-order valence-corrected chi connectivity index (χ4v) is 6.08. The van der Waals surface area contributed by atoms with E-state index in [9.17, 15) is 13.2 Å². The van der Waals surface area contributed by atoms with Crippen LogP contribution < -0.4 is 5.32 Å². The molecule has 1 fully saturated rings. The molecule has 1 saturated heterocycles. The first-order valence-electron chi connectivity index (χ1n) is 6.50. The number of sulfone groups is 1. The van der Waals surface area contributed by atoms with Crippen molar-refractivity contribution >= 4 is 40.0 Å². The maximum Gasteiger partial charge on any atom is 0.243 e. The van der Waals surface area contributed by atoms with Crippen molar-refractivity contribution in [3.8, 4) is 0 Å². The molecule has 118 valence electrons. The molecule has 1 rings (SSSR count). The Balaban J connectivity index is 3.02. The Morgan fingerprint density at radius 1 is 1.40 bits per heavy atom. The molecule has 0 unspecified atom stereocenters. The van der Waals surface area contributed by atoms with Crippen LogP contribution in [0.15, 0.2) is 0 Å². The standard InChI is InChI=1S/C12H24BrNO4SSi/c1-8(18-20(6,7)11(2,3)4)12(13)9(15)14-10(12)19(5,16)17/h8,10H,1-7H3,(H,14,15)/t8-,10-,12-/m1/s1. The Morgan fingerprint density at radius 3 is 2.15 bits per heavy atom. The number of carbonyl (C=O) groups excluding carboxylic acids is 1. The van der Waals surface area contributed by atoms with Gasteiger partial charge in [-0.25, -0.2) is 8.42 Å².